The third-order valence-corrected chi connectivity index (χ3v) is 3.88. The molecule has 2 aromatic rings. The van der Waals surface area contributed by atoms with Crippen molar-refractivity contribution >= 4 is 17.3 Å². The Morgan fingerprint density at radius 3 is 2.74 bits per heavy atom. The molecule has 0 aromatic heterocycles. The van der Waals surface area contributed by atoms with E-state index >= 15 is 0 Å². The van der Waals surface area contributed by atoms with E-state index in [1.165, 1.54) is 30.4 Å². The maximum absolute atomic E-state index is 5.90. The molecule has 0 bridgehead atoms. The summed E-state index contributed by atoms with van der Waals surface area (Å²) in [5, 5.41) is 0.585. The highest BCUT2D eigenvalue weighted by Gasteiger charge is 2.11. The van der Waals surface area contributed by atoms with Crippen molar-refractivity contribution in [3.05, 3.63) is 58.1 Å². The van der Waals surface area contributed by atoms with Gasteiger partial charge in [-0.2, -0.15) is 0 Å². The van der Waals surface area contributed by atoms with Crippen molar-refractivity contribution in [2.75, 3.05) is 5.73 Å². The molecule has 0 unspecified atom stereocenters. The molecule has 1 aliphatic carbocycles. The summed E-state index contributed by atoms with van der Waals surface area (Å²) in [5.74, 6) is 0.925. The number of benzene rings is 2. The minimum absolute atomic E-state index is 0.514. The zero-order chi connectivity index (χ0) is 13.2. The van der Waals surface area contributed by atoms with Crippen LogP contribution in [0.1, 0.15) is 23.1 Å². The van der Waals surface area contributed by atoms with Gasteiger partial charge in [0.25, 0.3) is 0 Å². The van der Waals surface area contributed by atoms with E-state index in [2.05, 4.69) is 12.1 Å². The van der Waals surface area contributed by atoms with E-state index in [0.717, 1.165) is 11.3 Å². The average Bonchev–Trinajstić information content (AvgIpc) is 2.87. The van der Waals surface area contributed by atoms with E-state index in [1.807, 2.05) is 18.2 Å². The van der Waals surface area contributed by atoms with Crippen LogP contribution in [0.25, 0.3) is 0 Å². The molecule has 0 fully saturated rings. The van der Waals surface area contributed by atoms with Crippen LogP contribution in [-0.4, -0.2) is 0 Å². The van der Waals surface area contributed by atoms with Crippen molar-refractivity contribution in [3.63, 3.8) is 0 Å². The second kappa shape index (κ2) is 5.14. The van der Waals surface area contributed by atoms with Gasteiger partial charge >= 0.3 is 0 Å². The summed E-state index contributed by atoms with van der Waals surface area (Å²) in [4.78, 5) is 0. The number of rotatable bonds is 3. The molecule has 0 saturated heterocycles. The summed E-state index contributed by atoms with van der Waals surface area (Å²) in [6, 6.07) is 12.0. The van der Waals surface area contributed by atoms with Crippen LogP contribution in [0.2, 0.25) is 5.02 Å². The van der Waals surface area contributed by atoms with Crippen molar-refractivity contribution in [3.8, 4) is 5.75 Å². The lowest BCUT2D eigenvalue weighted by atomic mass is 10.1. The minimum Gasteiger partial charge on any atom is -0.489 e. The van der Waals surface area contributed by atoms with Crippen LogP contribution in [0, 0.1) is 0 Å². The number of nitrogens with two attached hydrogens (primary N) is 1. The zero-order valence-corrected chi connectivity index (χ0v) is 11.4. The molecule has 98 valence electrons. The van der Waals surface area contributed by atoms with Crippen LogP contribution < -0.4 is 10.5 Å². The van der Waals surface area contributed by atoms with Crippen LogP contribution >= 0.6 is 11.6 Å². The van der Waals surface area contributed by atoms with E-state index < -0.39 is 0 Å². The van der Waals surface area contributed by atoms with Gasteiger partial charge in [-0.3, -0.25) is 0 Å². The van der Waals surface area contributed by atoms with E-state index in [1.54, 1.807) is 6.07 Å². The van der Waals surface area contributed by atoms with Crippen molar-refractivity contribution in [1.82, 2.24) is 0 Å². The molecule has 2 nitrogen and oxygen atoms in total. The Balaban J connectivity index is 1.70. The lowest BCUT2D eigenvalue weighted by Gasteiger charge is -2.09. The Morgan fingerprint density at radius 1 is 1.05 bits per heavy atom. The number of aryl methyl sites for hydroxylation is 2. The van der Waals surface area contributed by atoms with Gasteiger partial charge in [-0.15, -0.1) is 0 Å². The first-order valence-corrected chi connectivity index (χ1v) is 6.89. The van der Waals surface area contributed by atoms with Gasteiger partial charge in [-0.05, 0) is 60.2 Å². The summed E-state index contributed by atoms with van der Waals surface area (Å²) in [6.07, 6.45) is 3.62. The van der Waals surface area contributed by atoms with Crippen LogP contribution in [0.4, 0.5) is 5.69 Å². The second-order valence-electron chi connectivity index (χ2n) is 4.93. The summed E-state index contributed by atoms with van der Waals surface area (Å²) in [7, 11) is 0. The van der Waals surface area contributed by atoms with Gasteiger partial charge in [-0.25, -0.2) is 0 Å². The first kappa shape index (κ1) is 12.4. The quantitative estimate of drug-likeness (QED) is 0.858. The highest BCUT2D eigenvalue weighted by Crippen LogP contribution is 2.27. The summed E-state index contributed by atoms with van der Waals surface area (Å²) < 4.78 is 5.81. The van der Waals surface area contributed by atoms with E-state index in [0.29, 0.717) is 17.3 Å². The standard InChI is InChI=1S/C16H16ClNO/c17-15-7-4-11(8-16(15)18)10-19-14-6-5-12-2-1-3-13(12)9-14/h4-9H,1-3,10,18H2. The monoisotopic (exact) mass is 273 g/mol. The van der Waals surface area contributed by atoms with Crippen LogP contribution in [0.5, 0.6) is 5.75 Å². The summed E-state index contributed by atoms with van der Waals surface area (Å²) in [6.45, 7) is 0.514. The van der Waals surface area contributed by atoms with Gasteiger partial charge in [0.1, 0.15) is 12.4 Å². The van der Waals surface area contributed by atoms with Gasteiger partial charge in [0.2, 0.25) is 0 Å². The molecule has 0 heterocycles. The lowest BCUT2D eigenvalue weighted by molar-refractivity contribution is 0.306. The molecule has 0 aliphatic heterocycles. The Hall–Kier alpha value is -1.67. The molecule has 3 rings (SSSR count). The normalized spacial score (nSPS) is 13.3. The van der Waals surface area contributed by atoms with E-state index in [9.17, 15) is 0 Å². The maximum atomic E-state index is 5.90. The van der Waals surface area contributed by atoms with Crippen molar-refractivity contribution in [2.45, 2.75) is 25.9 Å². The van der Waals surface area contributed by atoms with Crippen molar-refractivity contribution < 1.29 is 4.74 Å². The van der Waals surface area contributed by atoms with Gasteiger partial charge in [0.05, 0.1) is 10.7 Å². The second-order valence-corrected chi connectivity index (χ2v) is 5.34. The number of hydrogen-bond donors (Lipinski definition) is 1. The lowest BCUT2D eigenvalue weighted by Crippen LogP contribution is -1.97. The summed E-state index contributed by atoms with van der Waals surface area (Å²) >= 11 is 5.90. The topological polar surface area (TPSA) is 35.2 Å². The maximum Gasteiger partial charge on any atom is 0.120 e. The fourth-order valence-electron chi connectivity index (χ4n) is 2.49. The molecule has 0 amide bonds. The van der Waals surface area contributed by atoms with Gasteiger partial charge in [0, 0.05) is 0 Å². The third-order valence-electron chi connectivity index (χ3n) is 3.54. The van der Waals surface area contributed by atoms with Crippen LogP contribution in [0.3, 0.4) is 0 Å². The number of fused-ring (bicyclic) bond motifs is 1. The number of hydrogen-bond acceptors (Lipinski definition) is 2. The van der Waals surface area contributed by atoms with Crippen LogP contribution in [0.15, 0.2) is 36.4 Å². The highest BCUT2D eigenvalue weighted by molar-refractivity contribution is 6.33. The number of anilines is 1. The molecule has 19 heavy (non-hydrogen) atoms. The molecular weight excluding hydrogens is 258 g/mol. The average molecular weight is 274 g/mol. The summed E-state index contributed by atoms with van der Waals surface area (Å²) in [5.41, 5.74) is 10.3. The first-order chi connectivity index (χ1) is 9.22. The predicted molar refractivity (Wildman–Crippen MR) is 78.7 cm³/mol. The van der Waals surface area contributed by atoms with Crippen molar-refractivity contribution in [2.24, 2.45) is 0 Å². The number of ether oxygens (including phenoxy) is 1. The molecule has 0 saturated carbocycles. The smallest absolute Gasteiger partial charge is 0.120 e. The number of halogens is 1. The Bertz CT molecular complexity index is 610. The Morgan fingerprint density at radius 2 is 1.89 bits per heavy atom. The van der Waals surface area contributed by atoms with Crippen LogP contribution in [-0.2, 0) is 19.4 Å². The SMILES string of the molecule is Nc1cc(COc2ccc3c(c2)CCC3)ccc1Cl. The Labute approximate surface area is 118 Å². The van der Waals surface area contributed by atoms with Crippen molar-refractivity contribution in [1.29, 1.82) is 0 Å². The fourth-order valence-corrected chi connectivity index (χ4v) is 2.61. The minimum atomic E-state index is 0.514. The Kier molecular flexibility index (Phi) is 3.34. The molecule has 0 radical (unpaired) electrons. The highest BCUT2D eigenvalue weighted by atomic mass is 35.5. The predicted octanol–water partition coefficient (Wildman–Crippen LogP) is 3.99. The molecule has 0 spiro atoms. The number of nitrogen functional groups attached to an aromatic ring is 1. The molecule has 1 aliphatic rings. The molecular formula is C16H16ClNO. The van der Waals surface area contributed by atoms with Gasteiger partial charge in [-0.1, -0.05) is 23.7 Å². The zero-order valence-electron chi connectivity index (χ0n) is 10.7. The van der Waals surface area contributed by atoms with Gasteiger partial charge < -0.3 is 10.5 Å². The van der Waals surface area contributed by atoms with Gasteiger partial charge in [0.15, 0.2) is 0 Å². The molecule has 2 N–H and O–H groups in total. The third kappa shape index (κ3) is 2.69. The molecule has 3 heteroatoms. The first-order valence-electron chi connectivity index (χ1n) is 6.51. The fraction of sp³-hybridized carbons (Fsp3) is 0.250. The van der Waals surface area contributed by atoms with E-state index in [-0.39, 0.29) is 0 Å². The molecule has 0 atom stereocenters. The van der Waals surface area contributed by atoms with E-state index in [4.69, 9.17) is 22.1 Å². The largest absolute Gasteiger partial charge is 0.489 e. The molecule has 2 aromatic carbocycles.